The van der Waals surface area contributed by atoms with E-state index in [0.29, 0.717) is 12.6 Å². The van der Waals surface area contributed by atoms with Crippen LogP contribution in [0.5, 0.6) is 0 Å². The Bertz CT molecular complexity index is 357. The van der Waals surface area contributed by atoms with Crippen LogP contribution in [0.25, 0.3) is 0 Å². The number of nitrogens with zero attached hydrogens (tertiary/aromatic N) is 1. The van der Waals surface area contributed by atoms with Crippen molar-refractivity contribution in [1.82, 2.24) is 4.90 Å². The number of nitrogens with two attached hydrogens (primary N) is 1. The first-order valence-corrected chi connectivity index (χ1v) is 6.68. The quantitative estimate of drug-likeness (QED) is 0.825. The van der Waals surface area contributed by atoms with Crippen molar-refractivity contribution in [2.75, 3.05) is 13.6 Å². The van der Waals surface area contributed by atoms with Crippen molar-refractivity contribution >= 4 is 0 Å². The summed E-state index contributed by atoms with van der Waals surface area (Å²) in [6, 6.07) is 4.95. The average molecular weight is 236 g/mol. The minimum absolute atomic E-state index is 0.214. The van der Waals surface area contributed by atoms with Crippen molar-refractivity contribution in [2.24, 2.45) is 11.7 Å². The third-order valence-electron chi connectivity index (χ3n) is 4.02. The zero-order chi connectivity index (χ0) is 12.4. The van der Waals surface area contributed by atoms with Gasteiger partial charge in [0, 0.05) is 19.0 Å². The van der Waals surface area contributed by atoms with E-state index in [0.717, 1.165) is 23.9 Å². The van der Waals surface area contributed by atoms with Gasteiger partial charge in [-0.05, 0) is 44.9 Å². The number of aryl methyl sites for hydroxylation is 1. The molecule has 96 valence electrons. The third kappa shape index (κ3) is 2.72. The zero-order valence-corrected chi connectivity index (χ0v) is 11.1. The smallest absolute Gasteiger partial charge is 0.122 e. The van der Waals surface area contributed by atoms with E-state index >= 15 is 0 Å². The lowest BCUT2D eigenvalue weighted by atomic mass is 10.1. The van der Waals surface area contributed by atoms with Crippen molar-refractivity contribution in [3.63, 3.8) is 0 Å². The van der Waals surface area contributed by atoms with Gasteiger partial charge < -0.3 is 10.2 Å². The van der Waals surface area contributed by atoms with Gasteiger partial charge in [0.1, 0.15) is 11.5 Å². The van der Waals surface area contributed by atoms with Gasteiger partial charge in [-0.15, -0.1) is 0 Å². The molecular formula is C14H24N2O. The second-order valence-electron chi connectivity index (χ2n) is 5.15. The third-order valence-corrected chi connectivity index (χ3v) is 4.02. The molecule has 0 bridgehead atoms. The van der Waals surface area contributed by atoms with E-state index in [1.54, 1.807) is 0 Å². The average Bonchev–Trinajstić information content (AvgIpc) is 3.09. The van der Waals surface area contributed by atoms with E-state index in [2.05, 4.69) is 37.9 Å². The molecule has 1 heterocycles. The fourth-order valence-corrected chi connectivity index (χ4v) is 2.44. The van der Waals surface area contributed by atoms with Crippen molar-refractivity contribution in [2.45, 2.75) is 45.2 Å². The fourth-order valence-electron chi connectivity index (χ4n) is 2.44. The molecule has 1 saturated carbocycles. The normalized spacial score (nSPS) is 19.6. The number of hydrogen-bond donors (Lipinski definition) is 1. The lowest BCUT2D eigenvalue weighted by Gasteiger charge is -2.31. The molecule has 1 fully saturated rings. The molecule has 17 heavy (non-hydrogen) atoms. The highest BCUT2D eigenvalue weighted by Gasteiger charge is 2.34. The topological polar surface area (TPSA) is 42.4 Å². The Morgan fingerprint density at radius 3 is 2.65 bits per heavy atom. The lowest BCUT2D eigenvalue weighted by Crippen LogP contribution is -2.38. The molecule has 3 heteroatoms. The Balaban J connectivity index is 2.08. The van der Waals surface area contributed by atoms with Crippen LogP contribution in [0, 0.1) is 5.92 Å². The van der Waals surface area contributed by atoms with Crippen LogP contribution >= 0.6 is 0 Å². The first kappa shape index (κ1) is 12.7. The molecule has 0 radical (unpaired) electrons. The molecule has 2 unspecified atom stereocenters. The van der Waals surface area contributed by atoms with Gasteiger partial charge in [-0.2, -0.15) is 0 Å². The first-order valence-electron chi connectivity index (χ1n) is 6.68. The summed E-state index contributed by atoms with van der Waals surface area (Å²) in [4.78, 5) is 2.37. The fraction of sp³-hybridized carbons (Fsp3) is 0.714. The van der Waals surface area contributed by atoms with Crippen LogP contribution in [0.3, 0.4) is 0 Å². The van der Waals surface area contributed by atoms with E-state index in [9.17, 15) is 0 Å². The number of rotatable bonds is 6. The maximum Gasteiger partial charge on any atom is 0.122 e. The highest BCUT2D eigenvalue weighted by molar-refractivity contribution is 5.12. The van der Waals surface area contributed by atoms with Gasteiger partial charge in [0.2, 0.25) is 0 Å². The molecule has 0 saturated heterocycles. The summed E-state index contributed by atoms with van der Waals surface area (Å²) >= 11 is 0. The van der Waals surface area contributed by atoms with Crippen molar-refractivity contribution in [3.8, 4) is 0 Å². The number of hydrogen-bond acceptors (Lipinski definition) is 3. The van der Waals surface area contributed by atoms with Crippen LogP contribution in [-0.4, -0.2) is 24.5 Å². The Morgan fingerprint density at radius 1 is 1.47 bits per heavy atom. The highest BCUT2D eigenvalue weighted by atomic mass is 16.3. The first-order chi connectivity index (χ1) is 8.17. The van der Waals surface area contributed by atoms with Crippen molar-refractivity contribution in [3.05, 3.63) is 23.7 Å². The lowest BCUT2D eigenvalue weighted by molar-refractivity contribution is 0.152. The molecule has 0 amide bonds. The van der Waals surface area contributed by atoms with Crippen LogP contribution in [-0.2, 0) is 6.42 Å². The van der Waals surface area contributed by atoms with E-state index in [4.69, 9.17) is 10.2 Å². The Kier molecular flexibility index (Phi) is 3.89. The van der Waals surface area contributed by atoms with Gasteiger partial charge in [-0.3, -0.25) is 4.90 Å². The molecule has 0 spiro atoms. The molecule has 1 aromatic rings. The number of furan rings is 1. The maximum atomic E-state index is 5.91. The van der Waals surface area contributed by atoms with Gasteiger partial charge in [0.15, 0.2) is 0 Å². The Morgan fingerprint density at radius 2 is 2.18 bits per heavy atom. The molecule has 2 rings (SSSR count). The molecule has 1 aliphatic rings. The maximum absolute atomic E-state index is 5.91. The predicted molar refractivity (Wildman–Crippen MR) is 69.8 cm³/mol. The molecule has 0 aliphatic heterocycles. The van der Waals surface area contributed by atoms with Crippen molar-refractivity contribution in [1.29, 1.82) is 0 Å². The minimum atomic E-state index is 0.214. The second-order valence-corrected chi connectivity index (χ2v) is 5.15. The molecule has 2 N–H and O–H groups in total. The summed E-state index contributed by atoms with van der Waals surface area (Å²) in [7, 11) is 2.16. The molecule has 1 aromatic heterocycles. The van der Waals surface area contributed by atoms with Gasteiger partial charge in [0.25, 0.3) is 0 Å². The molecule has 1 aliphatic carbocycles. The van der Waals surface area contributed by atoms with Gasteiger partial charge >= 0.3 is 0 Å². The van der Waals surface area contributed by atoms with E-state index in [1.165, 1.54) is 12.8 Å². The Labute approximate surface area is 104 Å². The van der Waals surface area contributed by atoms with E-state index in [1.807, 2.05) is 0 Å². The summed E-state index contributed by atoms with van der Waals surface area (Å²) in [5.74, 6) is 2.92. The molecule has 2 atom stereocenters. The van der Waals surface area contributed by atoms with E-state index < -0.39 is 0 Å². The van der Waals surface area contributed by atoms with Crippen LogP contribution in [0.1, 0.15) is 44.3 Å². The van der Waals surface area contributed by atoms with Gasteiger partial charge in [0.05, 0.1) is 6.04 Å². The summed E-state index contributed by atoms with van der Waals surface area (Å²) in [5.41, 5.74) is 5.91. The molecular weight excluding hydrogens is 212 g/mol. The largest absolute Gasteiger partial charge is 0.464 e. The SMILES string of the molecule is CCc1ccc(C(CN)N(C)C(C)C2CC2)o1. The second kappa shape index (κ2) is 5.23. The van der Waals surface area contributed by atoms with Crippen LogP contribution < -0.4 is 5.73 Å². The van der Waals surface area contributed by atoms with E-state index in [-0.39, 0.29) is 6.04 Å². The van der Waals surface area contributed by atoms with Gasteiger partial charge in [-0.1, -0.05) is 6.92 Å². The van der Waals surface area contributed by atoms with Crippen LogP contribution in [0.15, 0.2) is 16.5 Å². The van der Waals surface area contributed by atoms with Gasteiger partial charge in [-0.25, -0.2) is 0 Å². The summed E-state index contributed by atoms with van der Waals surface area (Å²) in [6.07, 6.45) is 3.67. The summed E-state index contributed by atoms with van der Waals surface area (Å²) in [5, 5.41) is 0. The monoisotopic (exact) mass is 236 g/mol. The minimum Gasteiger partial charge on any atom is -0.464 e. The summed E-state index contributed by atoms with van der Waals surface area (Å²) < 4.78 is 5.84. The zero-order valence-electron chi connectivity index (χ0n) is 11.1. The summed E-state index contributed by atoms with van der Waals surface area (Å²) in [6.45, 7) is 5.02. The predicted octanol–water partition coefficient (Wildman–Crippen LogP) is 2.57. The van der Waals surface area contributed by atoms with Crippen LogP contribution in [0.4, 0.5) is 0 Å². The number of likely N-dealkylation sites (N-methyl/N-ethyl adjacent to an activating group) is 1. The Hall–Kier alpha value is -0.800. The molecule has 0 aromatic carbocycles. The van der Waals surface area contributed by atoms with Crippen LogP contribution in [0.2, 0.25) is 0 Å². The highest BCUT2D eigenvalue weighted by Crippen LogP contribution is 2.37. The van der Waals surface area contributed by atoms with Crippen molar-refractivity contribution < 1.29 is 4.42 Å². The molecule has 3 nitrogen and oxygen atoms in total. The standard InChI is InChI=1S/C14H24N2O/c1-4-12-7-8-14(17-12)13(9-15)16(3)10(2)11-5-6-11/h7-8,10-11,13H,4-6,9,15H2,1-3H3.